The zero-order valence-electron chi connectivity index (χ0n) is 7.92. The molecule has 0 radical (unpaired) electrons. The van der Waals surface area contributed by atoms with E-state index in [1.807, 2.05) is 6.92 Å². The van der Waals surface area contributed by atoms with Gasteiger partial charge in [0.05, 0.1) is 12.1 Å². The van der Waals surface area contributed by atoms with Crippen LogP contribution in [0.5, 0.6) is 0 Å². The Labute approximate surface area is 79.3 Å². The number of urea groups is 1. The van der Waals surface area contributed by atoms with Crippen LogP contribution >= 0.6 is 0 Å². The molecule has 70 valence electrons. The lowest BCUT2D eigenvalue weighted by atomic mass is 10.2. The quantitative estimate of drug-likeness (QED) is 0.614. The standard InChI is InChI=1S/C10H14N2O/c1-5-8(4)11-10(13)12-9(6-2)7-3/h1-2,8-9H,7H2,3-4H3,(H2,11,12,13). The molecule has 0 aliphatic carbocycles. The van der Waals surface area contributed by atoms with E-state index in [4.69, 9.17) is 12.8 Å². The van der Waals surface area contributed by atoms with Crippen LogP contribution < -0.4 is 10.6 Å². The van der Waals surface area contributed by atoms with Gasteiger partial charge in [-0.25, -0.2) is 4.79 Å². The molecule has 0 aromatic rings. The van der Waals surface area contributed by atoms with Crippen molar-refractivity contribution in [1.82, 2.24) is 10.6 Å². The largest absolute Gasteiger partial charge is 0.325 e. The van der Waals surface area contributed by atoms with E-state index in [-0.39, 0.29) is 18.1 Å². The lowest BCUT2D eigenvalue weighted by Crippen LogP contribution is -2.44. The summed E-state index contributed by atoms with van der Waals surface area (Å²) in [6.45, 7) is 3.62. The van der Waals surface area contributed by atoms with Crippen LogP contribution in [0.2, 0.25) is 0 Å². The first kappa shape index (κ1) is 11.4. The van der Waals surface area contributed by atoms with Gasteiger partial charge in [0.2, 0.25) is 0 Å². The number of carbonyl (C=O) groups excluding carboxylic acids is 1. The molecular formula is C10H14N2O. The van der Waals surface area contributed by atoms with Crippen molar-refractivity contribution in [2.24, 2.45) is 0 Å². The Balaban J connectivity index is 3.89. The average molecular weight is 178 g/mol. The fourth-order valence-electron chi connectivity index (χ4n) is 0.700. The van der Waals surface area contributed by atoms with Crippen molar-refractivity contribution in [3.8, 4) is 24.7 Å². The van der Waals surface area contributed by atoms with Gasteiger partial charge in [0.1, 0.15) is 0 Å². The van der Waals surface area contributed by atoms with Crippen LogP contribution in [0, 0.1) is 24.7 Å². The van der Waals surface area contributed by atoms with Gasteiger partial charge in [0.25, 0.3) is 0 Å². The summed E-state index contributed by atoms with van der Waals surface area (Å²) in [4.78, 5) is 11.1. The van der Waals surface area contributed by atoms with Gasteiger partial charge in [-0.2, -0.15) is 0 Å². The van der Waals surface area contributed by atoms with Crippen LogP contribution in [0.1, 0.15) is 20.3 Å². The molecule has 2 N–H and O–H groups in total. The van der Waals surface area contributed by atoms with E-state index in [2.05, 4.69) is 22.5 Å². The maximum Gasteiger partial charge on any atom is 0.316 e. The molecule has 0 bridgehead atoms. The third kappa shape index (κ3) is 4.76. The maximum atomic E-state index is 11.1. The molecule has 0 heterocycles. The fraction of sp³-hybridized carbons (Fsp3) is 0.500. The van der Waals surface area contributed by atoms with Crippen LogP contribution in [0.4, 0.5) is 4.79 Å². The third-order valence-electron chi connectivity index (χ3n) is 1.51. The van der Waals surface area contributed by atoms with E-state index in [9.17, 15) is 4.79 Å². The van der Waals surface area contributed by atoms with Gasteiger partial charge >= 0.3 is 6.03 Å². The van der Waals surface area contributed by atoms with E-state index in [1.54, 1.807) is 6.92 Å². The first-order valence-corrected chi connectivity index (χ1v) is 4.13. The van der Waals surface area contributed by atoms with Gasteiger partial charge in [-0.15, -0.1) is 12.8 Å². The maximum absolute atomic E-state index is 11.1. The van der Waals surface area contributed by atoms with Crippen molar-refractivity contribution in [1.29, 1.82) is 0 Å². The number of terminal acetylenes is 2. The van der Waals surface area contributed by atoms with E-state index < -0.39 is 0 Å². The van der Waals surface area contributed by atoms with Crippen molar-refractivity contribution in [3.63, 3.8) is 0 Å². The Bertz CT molecular complexity index is 247. The topological polar surface area (TPSA) is 41.1 Å². The van der Waals surface area contributed by atoms with Crippen LogP contribution in [-0.2, 0) is 0 Å². The number of hydrogen-bond donors (Lipinski definition) is 2. The summed E-state index contributed by atoms with van der Waals surface area (Å²) in [7, 11) is 0. The van der Waals surface area contributed by atoms with Gasteiger partial charge in [-0.3, -0.25) is 0 Å². The second-order valence-electron chi connectivity index (χ2n) is 2.63. The molecule has 0 fully saturated rings. The summed E-state index contributed by atoms with van der Waals surface area (Å²) in [5, 5.41) is 5.15. The average Bonchev–Trinajstić information content (AvgIpc) is 2.13. The van der Waals surface area contributed by atoms with Crippen LogP contribution in [0.15, 0.2) is 0 Å². The Morgan fingerprint density at radius 3 is 2.38 bits per heavy atom. The van der Waals surface area contributed by atoms with Crippen molar-refractivity contribution >= 4 is 6.03 Å². The molecule has 3 heteroatoms. The highest BCUT2D eigenvalue weighted by Gasteiger charge is 2.07. The number of carbonyl (C=O) groups is 1. The minimum atomic E-state index is -0.324. The van der Waals surface area contributed by atoms with Gasteiger partial charge in [-0.05, 0) is 13.3 Å². The lowest BCUT2D eigenvalue weighted by molar-refractivity contribution is 0.238. The van der Waals surface area contributed by atoms with Crippen molar-refractivity contribution in [2.75, 3.05) is 0 Å². The molecule has 2 amide bonds. The Hall–Kier alpha value is -1.61. The second kappa shape index (κ2) is 5.97. The Morgan fingerprint density at radius 2 is 2.00 bits per heavy atom. The SMILES string of the molecule is C#CC(C)NC(=O)NC(C#C)CC. The van der Waals surface area contributed by atoms with E-state index in [0.717, 1.165) is 0 Å². The molecule has 0 rings (SSSR count). The molecular weight excluding hydrogens is 164 g/mol. The summed E-state index contributed by atoms with van der Waals surface area (Å²) < 4.78 is 0. The lowest BCUT2D eigenvalue weighted by Gasteiger charge is -2.13. The molecule has 0 aliphatic rings. The van der Waals surface area contributed by atoms with Gasteiger partial charge < -0.3 is 10.6 Å². The van der Waals surface area contributed by atoms with Gasteiger partial charge in [0, 0.05) is 0 Å². The number of rotatable bonds is 3. The molecule has 0 saturated heterocycles. The fourth-order valence-corrected chi connectivity index (χ4v) is 0.700. The van der Waals surface area contributed by atoms with Crippen LogP contribution in [0.25, 0.3) is 0 Å². The zero-order valence-corrected chi connectivity index (χ0v) is 7.92. The summed E-state index contributed by atoms with van der Waals surface area (Å²) in [5.41, 5.74) is 0. The highest BCUT2D eigenvalue weighted by molar-refractivity contribution is 5.75. The number of amides is 2. The molecule has 0 aliphatic heterocycles. The predicted molar refractivity (Wildman–Crippen MR) is 52.9 cm³/mol. The molecule has 2 atom stereocenters. The van der Waals surface area contributed by atoms with E-state index in [0.29, 0.717) is 6.42 Å². The molecule has 0 aromatic heterocycles. The van der Waals surface area contributed by atoms with E-state index >= 15 is 0 Å². The van der Waals surface area contributed by atoms with Gasteiger partial charge in [0.15, 0.2) is 0 Å². The molecule has 13 heavy (non-hydrogen) atoms. The number of nitrogens with one attached hydrogen (secondary N) is 2. The first-order valence-electron chi connectivity index (χ1n) is 4.13. The summed E-state index contributed by atoms with van der Waals surface area (Å²) >= 11 is 0. The summed E-state index contributed by atoms with van der Waals surface area (Å²) in [5.74, 6) is 4.83. The van der Waals surface area contributed by atoms with Crippen LogP contribution in [0.3, 0.4) is 0 Å². The smallest absolute Gasteiger partial charge is 0.316 e. The van der Waals surface area contributed by atoms with E-state index in [1.165, 1.54) is 0 Å². The molecule has 0 spiro atoms. The van der Waals surface area contributed by atoms with Crippen molar-refractivity contribution in [2.45, 2.75) is 32.4 Å². The molecule has 2 unspecified atom stereocenters. The Kier molecular flexibility index (Phi) is 5.23. The molecule has 0 aromatic carbocycles. The normalized spacial score (nSPS) is 13.2. The Morgan fingerprint density at radius 1 is 1.38 bits per heavy atom. The third-order valence-corrected chi connectivity index (χ3v) is 1.51. The first-order chi connectivity index (χ1) is 6.13. The second-order valence-corrected chi connectivity index (χ2v) is 2.63. The van der Waals surface area contributed by atoms with Crippen molar-refractivity contribution in [3.05, 3.63) is 0 Å². The summed E-state index contributed by atoms with van der Waals surface area (Å²) in [6.07, 6.45) is 10.9. The summed E-state index contributed by atoms with van der Waals surface area (Å²) in [6, 6.07) is -0.837. The van der Waals surface area contributed by atoms with Crippen molar-refractivity contribution < 1.29 is 4.79 Å². The highest BCUT2D eigenvalue weighted by atomic mass is 16.2. The molecule has 0 saturated carbocycles. The number of hydrogen-bond acceptors (Lipinski definition) is 1. The monoisotopic (exact) mass is 178 g/mol. The van der Waals surface area contributed by atoms with Gasteiger partial charge in [-0.1, -0.05) is 18.8 Å². The minimum Gasteiger partial charge on any atom is -0.325 e. The molecule has 3 nitrogen and oxygen atoms in total. The highest BCUT2D eigenvalue weighted by Crippen LogP contribution is 1.87. The minimum absolute atomic E-state index is 0.232. The van der Waals surface area contributed by atoms with Crippen LogP contribution in [-0.4, -0.2) is 18.1 Å². The zero-order chi connectivity index (χ0) is 10.3. The predicted octanol–water partition coefficient (Wildman–Crippen LogP) is 0.719.